The molecule has 16 heavy (non-hydrogen) atoms. The van der Waals surface area contributed by atoms with E-state index in [0.29, 0.717) is 6.54 Å². The summed E-state index contributed by atoms with van der Waals surface area (Å²) in [4.78, 5) is 11.0. The SMILES string of the molecule is CC(=O)N[C@@H]([NH2+]C[C@@H]1CCCO1)C(Cl)(Cl)Cl. The van der Waals surface area contributed by atoms with E-state index in [9.17, 15) is 4.79 Å². The second-order valence-corrected chi connectivity index (χ2v) is 6.20. The molecule has 2 atom stereocenters. The lowest BCUT2D eigenvalue weighted by atomic mass is 10.2. The third-order valence-electron chi connectivity index (χ3n) is 2.37. The Kier molecular flexibility index (Phi) is 5.61. The van der Waals surface area contributed by atoms with Gasteiger partial charge in [0, 0.05) is 13.5 Å². The normalized spacial score (nSPS) is 23.1. The van der Waals surface area contributed by atoms with Crippen molar-refractivity contribution in [2.45, 2.75) is 35.8 Å². The van der Waals surface area contributed by atoms with Gasteiger partial charge in [-0.15, -0.1) is 0 Å². The molecule has 0 aromatic heterocycles. The van der Waals surface area contributed by atoms with E-state index in [0.717, 1.165) is 19.4 Å². The molecule has 4 nitrogen and oxygen atoms in total. The van der Waals surface area contributed by atoms with Gasteiger partial charge in [0.25, 0.3) is 3.79 Å². The lowest BCUT2D eigenvalue weighted by Gasteiger charge is -2.23. The van der Waals surface area contributed by atoms with Gasteiger partial charge in [-0.1, -0.05) is 34.8 Å². The van der Waals surface area contributed by atoms with Crippen LogP contribution in [0.25, 0.3) is 0 Å². The number of rotatable bonds is 4. The summed E-state index contributed by atoms with van der Waals surface area (Å²) in [6.07, 6.45) is 1.68. The summed E-state index contributed by atoms with van der Waals surface area (Å²) in [5.74, 6) is -0.222. The third kappa shape index (κ3) is 5.06. The van der Waals surface area contributed by atoms with Crippen molar-refractivity contribution in [3.8, 4) is 0 Å². The average molecular weight is 291 g/mol. The van der Waals surface area contributed by atoms with E-state index < -0.39 is 9.96 Å². The van der Waals surface area contributed by atoms with Gasteiger partial charge in [-0.2, -0.15) is 0 Å². The number of nitrogens with one attached hydrogen (secondary N) is 1. The smallest absolute Gasteiger partial charge is 0.262 e. The molecule has 94 valence electrons. The fourth-order valence-corrected chi connectivity index (χ4v) is 2.04. The quantitative estimate of drug-likeness (QED) is 0.587. The summed E-state index contributed by atoms with van der Waals surface area (Å²) >= 11 is 17.3. The Morgan fingerprint density at radius 3 is 2.75 bits per heavy atom. The Labute approximate surface area is 110 Å². The predicted octanol–water partition coefficient (Wildman–Crippen LogP) is 0.561. The fourth-order valence-electron chi connectivity index (χ4n) is 1.61. The van der Waals surface area contributed by atoms with Gasteiger partial charge < -0.3 is 15.4 Å². The molecule has 0 bridgehead atoms. The number of carbonyl (C=O) groups is 1. The van der Waals surface area contributed by atoms with Crippen LogP contribution >= 0.6 is 34.8 Å². The summed E-state index contributed by atoms with van der Waals surface area (Å²) in [7, 11) is 0. The predicted molar refractivity (Wildman–Crippen MR) is 63.7 cm³/mol. The topological polar surface area (TPSA) is 54.9 Å². The van der Waals surface area contributed by atoms with Crippen LogP contribution in [-0.4, -0.2) is 35.1 Å². The number of quaternary nitrogens is 1. The number of hydrogen-bond acceptors (Lipinski definition) is 2. The number of hydrogen-bond donors (Lipinski definition) is 2. The first kappa shape index (κ1) is 14.3. The molecule has 1 fully saturated rings. The Morgan fingerprint density at radius 2 is 2.31 bits per heavy atom. The van der Waals surface area contributed by atoms with Crippen molar-refractivity contribution < 1.29 is 14.8 Å². The van der Waals surface area contributed by atoms with Gasteiger partial charge in [-0.25, -0.2) is 0 Å². The minimum Gasteiger partial charge on any atom is -0.372 e. The molecule has 1 saturated heterocycles. The second-order valence-electron chi connectivity index (χ2n) is 3.83. The summed E-state index contributed by atoms with van der Waals surface area (Å²) in [5, 5.41) is 4.39. The Hall–Kier alpha value is 0.260. The first-order chi connectivity index (χ1) is 7.39. The Balaban J connectivity index is 2.40. The van der Waals surface area contributed by atoms with Gasteiger partial charge in [0.2, 0.25) is 12.1 Å². The standard InChI is InChI=1S/C9H15Cl3N2O2/c1-6(15)14-8(9(10,11)12)13-5-7-3-2-4-16-7/h7-8,13H,2-5H2,1H3,(H,14,15)/p+1/t7-,8+/m0/s1. The molecular formula is C9H16Cl3N2O2+. The number of nitrogens with two attached hydrogens (primary N) is 1. The van der Waals surface area contributed by atoms with Crippen LogP contribution in [-0.2, 0) is 9.53 Å². The third-order valence-corrected chi connectivity index (χ3v) is 3.08. The van der Waals surface area contributed by atoms with Crippen molar-refractivity contribution in [1.29, 1.82) is 0 Å². The van der Waals surface area contributed by atoms with Crippen molar-refractivity contribution in [3.63, 3.8) is 0 Å². The average Bonchev–Trinajstić information content (AvgIpc) is 2.62. The molecule has 7 heteroatoms. The van der Waals surface area contributed by atoms with Crippen molar-refractivity contribution >= 4 is 40.7 Å². The highest BCUT2D eigenvalue weighted by Gasteiger charge is 2.37. The zero-order valence-corrected chi connectivity index (χ0v) is 11.3. The molecule has 1 aliphatic heterocycles. The summed E-state index contributed by atoms with van der Waals surface area (Å²) < 4.78 is 3.92. The first-order valence-electron chi connectivity index (χ1n) is 5.18. The number of alkyl halides is 3. The number of carbonyl (C=O) groups excluding carboxylic acids is 1. The van der Waals surface area contributed by atoms with Gasteiger partial charge in [-0.05, 0) is 12.8 Å². The van der Waals surface area contributed by atoms with Gasteiger partial charge in [0.1, 0.15) is 12.6 Å². The maximum absolute atomic E-state index is 11.0. The molecule has 0 aliphatic carbocycles. The van der Waals surface area contributed by atoms with Crippen LogP contribution in [0.2, 0.25) is 0 Å². The van der Waals surface area contributed by atoms with E-state index in [1.807, 2.05) is 0 Å². The van der Waals surface area contributed by atoms with Gasteiger partial charge in [-0.3, -0.25) is 4.79 Å². The fraction of sp³-hybridized carbons (Fsp3) is 0.889. The zero-order chi connectivity index (χ0) is 12.2. The van der Waals surface area contributed by atoms with Gasteiger partial charge in [0.15, 0.2) is 0 Å². The highest BCUT2D eigenvalue weighted by Crippen LogP contribution is 2.27. The first-order valence-corrected chi connectivity index (χ1v) is 6.31. The molecule has 1 heterocycles. The zero-order valence-electron chi connectivity index (χ0n) is 9.01. The molecule has 0 unspecified atom stereocenters. The second kappa shape index (κ2) is 6.26. The molecule has 0 radical (unpaired) electrons. The van der Waals surface area contributed by atoms with Crippen molar-refractivity contribution in [1.82, 2.24) is 5.32 Å². The summed E-state index contributed by atoms with van der Waals surface area (Å²) in [6.45, 7) is 2.86. The lowest BCUT2D eigenvalue weighted by molar-refractivity contribution is -0.697. The number of amides is 1. The monoisotopic (exact) mass is 289 g/mol. The van der Waals surface area contributed by atoms with Crippen LogP contribution in [0.4, 0.5) is 0 Å². The Bertz CT molecular complexity index is 239. The maximum atomic E-state index is 11.0. The minimum atomic E-state index is -1.52. The van der Waals surface area contributed by atoms with Crippen molar-refractivity contribution in [3.05, 3.63) is 0 Å². The van der Waals surface area contributed by atoms with Crippen molar-refractivity contribution in [2.24, 2.45) is 0 Å². The molecule has 1 aliphatic rings. The van der Waals surface area contributed by atoms with Crippen LogP contribution < -0.4 is 10.6 Å². The number of halogens is 3. The van der Waals surface area contributed by atoms with Gasteiger partial charge in [0.05, 0.1) is 0 Å². The van der Waals surface area contributed by atoms with E-state index in [2.05, 4.69) is 5.32 Å². The van der Waals surface area contributed by atoms with Crippen LogP contribution in [0.5, 0.6) is 0 Å². The van der Waals surface area contributed by atoms with E-state index in [1.54, 1.807) is 5.32 Å². The Morgan fingerprint density at radius 1 is 1.62 bits per heavy atom. The molecule has 1 rings (SSSR count). The lowest BCUT2D eigenvalue weighted by Crippen LogP contribution is -2.97. The van der Waals surface area contributed by atoms with Crippen molar-refractivity contribution in [2.75, 3.05) is 13.2 Å². The molecule has 0 aromatic carbocycles. The highest BCUT2D eigenvalue weighted by molar-refractivity contribution is 6.68. The molecule has 1 amide bonds. The molecule has 0 aromatic rings. The van der Waals surface area contributed by atoms with Gasteiger partial charge >= 0.3 is 0 Å². The van der Waals surface area contributed by atoms with E-state index in [4.69, 9.17) is 39.5 Å². The number of ether oxygens (including phenoxy) is 1. The van der Waals surface area contributed by atoms with Crippen LogP contribution in [0, 0.1) is 0 Å². The van der Waals surface area contributed by atoms with Crippen LogP contribution in [0.3, 0.4) is 0 Å². The van der Waals surface area contributed by atoms with E-state index >= 15 is 0 Å². The molecule has 3 N–H and O–H groups in total. The molecule has 0 spiro atoms. The largest absolute Gasteiger partial charge is 0.372 e. The summed E-state index contributed by atoms with van der Waals surface area (Å²) in [5.41, 5.74) is 0. The van der Waals surface area contributed by atoms with E-state index in [1.165, 1.54) is 6.92 Å². The highest BCUT2D eigenvalue weighted by atomic mass is 35.6. The van der Waals surface area contributed by atoms with Crippen LogP contribution in [0.15, 0.2) is 0 Å². The minimum absolute atomic E-state index is 0.184. The van der Waals surface area contributed by atoms with E-state index in [-0.39, 0.29) is 12.0 Å². The summed E-state index contributed by atoms with van der Waals surface area (Å²) in [6, 6.07) is 0. The molecular weight excluding hydrogens is 274 g/mol. The maximum Gasteiger partial charge on any atom is 0.262 e. The van der Waals surface area contributed by atoms with Crippen LogP contribution in [0.1, 0.15) is 19.8 Å². The molecule has 0 saturated carbocycles.